The first-order valence-corrected chi connectivity index (χ1v) is 6.10. The quantitative estimate of drug-likeness (QED) is 0.740. The van der Waals surface area contributed by atoms with E-state index in [1.807, 2.05) is 24.3 Å². The minimum atomic E-state index is 0.473. The van der Waals surface area contributed by atoms with Crippen LogP contribution in [0.15, 0.2) is 40.8 Å². The third kappa shape index (κ3) is 1.93. The van der Waals surface area contributed by atoms with Crippen LogP contribution >= 0.6 is 0 Å². The maximum Gasteiger partial charge on any atom is 0.231 e. The highest BCUT2D eigenvalue weighted by Crippen LogP contribution is 2.38. The van der Waals surface area contributed by atoms with E-state index in [2.05, 4.69) is 4.98 Å². The number of methoxy groups -OCH3 is 2. The van der Waals surface area contributed by atoms with Crippen LogP contribution in [0.5, 0.6) is 11.5 Å². The summed E-state index contributed by atoms with van der Waals surface area (Å²) >= 11 is 0. The fraction of sp³-hybridized carbons (Fsp3) is 0.133. The first-order valence-electron chi connectivity index (χ1n) is 6.10. The normalized spacial score (nSPS) is 10.7. The molecule has 0 amide bonds. The average molecular weight is 270 g/mol. The number of rotatable bonds is 3. The standard InChI is InChI=1S/C15H14N2O3/c1-18-12-5-3-4-10(14(12)19-2)15-17-11-7-6-9(16)8-13(11)20-15/h3-8H,16H2,1-2H3. The first kappa shape index (κ1) is 12.3. The van der Waals surface area contributed by atoms with Gasteiger partial charge in [0.15, 0.2) is 17.1 Å². The lowest BCUT2D eigenvalue weighted by Crippen LogP contribution is -1.93. The molecule has 5 heteroatoms. The second-order valence-corrected chi connectivity index (χ2v) is 4.29. The minimum absolute atomic E-state index is 0.473. The van der Waals surface area contributed by atoms with E-state index in [0.717, 1.165) is 11.1 Å². The Bertz CT molecular complexity index is 765. The molecule has 20 heavy (non-hydrogen) atoms. The maximum atomic E-state index is 5.75. The van der Waals surface area contributed by atoms with Crippen LogP contribution in [0.2, 0.25) is 0 Å². The molecule has 0 bridgehead atoms. The Morgan fingerprint density at radius 2 is 1.95 bits per heavy atom. The summed E-state index contributed by atoms with van der Waals surface area (Å²) in [6.07, 6.45) is 0. The number of hydrogen-bond donors (Lipinski definition) is 1. The molecule has 0 atom stereocenters. The predicted octanol–water partition coefficient (Wildman–Crippen LogP) is 3.09. The number of nitrogens with zero attached hydrogens (tertiary/aromatic N) is 1. The molecule has 0 aliphatic carbocycles. The van der Waals surface area contributed by atoms with Crippen LogP contribution in [0.4, 0.5) is 5.69 Å². The summed E-state index contributed by atoms with van der Waals surface area (Å²) in [6, 6.07) is 10.9. The highest BCUT2D eigenvalue weighted by Gasteiger charge is 2.16. The number of ether oxygens (including phenoxy) is 2. The van der Waals surface area contributed by atoms with E-state index in [9.17, 15) is 0 Å². The number of fused-ring (bicyclic) bond motifs is 1. The van der Waals surface area contributed by atoms with Gasteiger partial charge in [0, 0.05) is 11.8 Å². The molecule has 0 fully saturated rings. The summed E-state index contributed by atoms with van der Waals surface area (Å²) in [4.78, 5) is 4.45. The van der Waals surface area contributed by atoms with Crippen LogP contribution in [0.3, 0.4) is 0 Å². The number of para-hydroxylation sites is 1. The van der Waals surface area contributed by atoms with Gasteiger partial charge < -0.3 is 19.6 Å². The van der Waals surface area contributed by atoms with Crippen molar-refractivity contribution in [2.24, 2.45) is 0 Å². The van der Waals surface area contributed by atoms with Crippen LogP contribution in [-0.2, 0) is 0 Å². The van der Waals surface area contributed by atoms with E-state index in [1.54, 1.807) is 26.4 Å². The van der Waals surface area contributed by atoms with E-state index in [1.165, 1.54) is 0 Å². The van der Waals surface area contributed by atoms with Crippen molar-refractivity contribution in [3.8, 4) is 23.0 Å². The van der Waals surface area contributed by atoms with Crippen molar-refractivity contribution >= 4 is 16.8 Å². The monoisotopic (exact) mass is 270 g/mol. The highest BCUT2D eigenvalue weighted by atomic mass is 16.5. The molecule has 0 saturated carbocycles. The molecule has 0 aliphatic heterocycles. The second kappa shape index (κ2) is 4.77. The molecule has 0 unspecified atom stereocenters. The number of benzene rings is 2. The zero-order chi connectivity index (χ0) is 14.1. The summed E-state index contributed by atoms with van der Waals surface area (Å²) in [5, 5.41) is 0. The zero-order valence-electron chi connectivity index (χ0n) is 11.2. The topological polar surface area (TPSA) is 70.5 Å². The predicted molar refractivity (Wildman–Crippen MR) is 77.0 cm³/mol. The van der Waals surface area contributed by atoms with Crippen LogP contribution in [0.25, 0.3) is 22.6 Å². The lowest BCUT2D eigenvalue weighted by molar-refractivity contribution is 0.355. The summed E-state index contributed by atoms with van der Waals surface area (Å²) in [5.74, 6) is 1.70. The molecule has 3 rings (SSSR count). The van der Waals surface area contributed by atoms with Gasteiger partial charge in [-0.25, -0.2) is 4.98 Å². The van der Waals surface area contributed by atoms with Gasteiger partial charge in [0.25, 0.3) is 0 Å². The summed E-state index contributed by atoms with van der Waals surface area (Å²) in [6.45, 7) is 0. The summed E-state index contributed by atoms with van der Waals surface area (Å²) < 4.78 is 16.4. The zero-order valence-corrected chi connectivity index (χ0v) is 11.2. The second-order valence-electron chi connectivity index (χ2n) is 4.29. The van der Waals surface area contributed by atoms with Gasteiger partial charge in [-0.05, 0) is 24.3 Å². The van der Waals surface area contributed by atoms with Gasteiger partial charge in [0.05, 0.1) is 19.8 Å². The van der Waals surface area contributed by atoms with Crippen molar-refractivity contribution in [3.05, 3.63) is 36.4 Å². The van der Waals surface area contributed by atoms with Gasteiger partial charge in [-0.1, -0.05) is 6.07 Å². The molecule has 0 radical (unpaired) electrons. The molecule has 0 saturated heterocycles. The number of anilines is 1. The lowest BCUT2D eigenvalue weighted by atomic mass is 10.2. The molecule has 3 aromatic rings. The number of hydrogen-bond acceptors (Lipinski definition) is 5. The molecule has 0 spiro atoms. The van der Waals surface area contributed by atoms with E-state index in [0.29, 0.717) is 28.7 Å². The molecule has 1 aromatic heterocycles. The van der Waals surface area contributed by atoms with Gasteiger partial charge in [0.2, 0.25) is 5.89 Å². The number of oxazole rings is 1. The molecule has 102 valence electrons. The minimum Gasteiger partial charge on any atom is -0.493 e. The van der Waals surface area contributed by atoms with Gasteiger partial charge in [-0.15, -0.1) is 0 Å². The van der Waals surface area contributed by atoms with E-state index in [4.69, 9.17) is 19.6 Å². The van der Waals surface area contributed by atoms with Crippen molar-refractivity contribution in [3.63, 3.8) is 0 Å². The van der Waals surface area contributed by atoms with Gasteiger partial charge in [-0.3, -0.25) is 0 Å². The molecule has 0 aliphatic rings. The fourth-order valence-corrected chi connectivity index (χ4v) is 2.11. The van der Waals surface area contributed by atoms with Gasteiger partial charge >= 0.3 is 0 Å². The third-order valence-corrected chi connectivity index (χ3v) is 3.05. The first-order chi connectivity index (χ1) is 9.72. The number of nitrogen functional groups attached to an aromatic ring is 1. The Morgan fingerprint density at radius 3 is 2.70 bits per heavy atom. The molecule has 2 N–H and O–H groups in total. The smallest absolute Gasteiger partial charge is 0.231 e. The molecule has 2 aromatic carbocycles. The highest BCUT2D eigenvalue weighted by molar-refractivity contribution is 5.80. The van der Waals surface area contributed by atoms with E-state index >= 15 is 0 Å². The maximum absolute atomic E-state index is 5.75. The van der Waals surface area contributed by atoms with Gasteiger partial charge in [-0.2, -0.15) is 0 Å². The van der Waals surface area contributed by atoms with Crippen LogP contribution < -0.4 is 15.2 Å². The fourth-order valence-electron chi connectivity index (χ4n) is 2.11. The van der Waals surface area contributed by atoms with Gasteiger partial charge in [0.1, 0.15) is 5.52 Å². The van der Waals surface area contributed by atoms with Crippen molar-refractivity contribution in [2.75, 3.05) is 20.0 Å². The Kier molecular flexibility index (Phi) is 2.95. The Balaban J connectivity index is 2.20. The van der Waals surface area contributed by atoms with Crippen molar-refractivity contribution < 1.29 is 13.9 Å². The number of aromatic nitrogens is 1. The van der Waals surface area contributed by atoms with Crippen LogP contribution in [-0.4, -0.2) is 19.2 Å². The molecule has 5 nitrogen and oxygen atoms in total. The Morgan fingerprint density at radius 1 is 1.10 bits per heavy atom. The molecular weight excluding hydrogens is 256 g/mol. The Labute approximate surface area is 115 Å². The van der Waals surface area contributed by atoms with E-state index < -0.39 is 0 Å². The molecular formula is C15H14N2O3. The third-order valence-electron chi connectivity index (χ3n) is 3.05. The molecule has 1 heterocycles. The summed E-state index contributed by atoms with van der Waals surface area (Å²) in [7, 11) is 3.18. The Hall–Kier alpha value is -2.69. The van der Waals surface area contributed by atoms with Crippen molar-refractivity contribution in [1.29, 1.82) is 0 Å². The van der Waals surface area contributed by atoms with Crippen molar-refractivity contribution in [2.45, 2.75) is 0 Å². The summed E-state index contributed by atoms with van der Waals surface area (Å²) in [5.41, 5.74) is 8.51. The van der Waals surface area contributed by atoms with Crippen molar-refractivity contribution in [1.82, 2.24) is 4.98 Å². The number of nitrogens with two attached hydrogens (primary N) is 1. The van der Waals surface area contributed by atoms with E-state index in [-0.39, 0.29) is 0 Å². The lowest BCUT2D eigenvalue weighted by Gasteiger charge is -2.09. The average Bonchev–Trinajstić information content (AvgIpc) is 2.88. The SMILES string of the molecule is COc1cccc(-c2nc3ccc(N)cc3o2)c1OC. The largest absolute Gasteiger partial charge is 0.493 e. The van der Waals surface area contributed by atoms with Crippen LogP contribution in [0, 0.1) is 0 Å². The van der Waals surface area contributed by atoms with Crippen LogP contribution in [0.1, 0.15) is 0 Å².